The Hall–Kier alpha value is 2.64. The monoisotopic (exact) mass is 596 g/mol. The molecule has 0 radical (unpaired) electrons. The lowest BCUT2D eigenvalue weighted by molar-refractivity contribution is 0.0490. The Labute approximate surface area is 227 Å². The number of hydrogen-bond acceptors (Lipinski definition) is 12. The number of rotatable bonds is 16. The molecule has 188 valence electrons. The van der Waals surface area contributed by atoms with Crippen LogP contribution >= 0.6 is 94.1 Å². The molecule has 0 aromatic heterocycles. The molecule has 0 aromatic carbocycles. The molecule has 4 unspecified atom stereocenters. The van der Waals surface area contributed by atoms with Crippen LogP contribution in [0.2, 0.25) is 0 Å². The molecule has 0 aliphatic carbocycles. The second-order valence-corrected chi connectivity index (χ2v) is 18.4. The van der Waals surface area contributed by atoms with Gasteiger partial charge in [-0.25, -0.2) is 0 Å². The summed E-state index contributed by atoms with van der Waals surface area (Å²) in [4.78, 5) is 0. The van der Waals surface area contributed by atoms with Gasteiger partial charge in [0.05, 0.1) is 47.8 Å². The molecule has 12 heteroatoms. The summed E-state index contributed by atoms with van der Waals surface area (Å²) in [5.74, 6) is 11.0. The van der Waals surface area contributed by atoms with E-state index in [2.05, 4.69) is 0 Å². The molecule has 0 spiro atoms. The van der Waals surface area contributed by atoms with E-state index >= 15 is 0 Å². The van der Waals surface area contributed by atoms with E-state index in [9.17, 15) is 10.2 Å². The van der Waals surface area contributed by atoms with E-state index in [4.69, 9.17) is 9.47 Å². The van der Waals surface area contributed by atoms with Gasteiger partial charge in [-0.15, -0.1) is 47.0 Å². The summed E-state index contributed by atoms with van der Waals surface area (Å²) in [6.45, 7) is 2.32. The SMILES string of the molecule is OC(COCC1CSC(COCC(O)CSCC2SCCS2)CS1)CSCC1SCCS1. The molecule has 3 aliphatic heterocycles. The maximum Gasteiger partial charge on any atom is 0.0863 e. The zero-order valence-corrected chi connectivity index (χ0v) is 24.9. The largest absolute Gasteiger partial charge is 0.390 e. The molecule has 3 fully saturated rings. The summed E-state index contributed by atoms with van der Waals surface area (Å²) in [6, 6.07) is 0. The lowest BCUT2D eigenvalue weighted by atomic mass is 10.4. The van der Waals surface area contributed by atoms with Crippen LogP contribution in [0.4, 0.5) is 0 Å². The van der Waals surface area contributed by atoms with Gasteiger partial charge in [-0.2, -0.15) is 47.0 Å². The van der Waals surface area contributed by atoms with Crippen LogP contribution in [-0.2, 0) is 9.47 Å². The third-order valence-corrected chi connectivity index (χ3v) is 17.2. The number of thioether (sulfide) groups is 8. The lowest BCUT2D eigenvalue weighted by Crippen LogP contribution is -2.30. The molecule has 4 atom stereocenters. The highest BCUT2D eigenvalue weighted by molar-refractivity contribution is 8.21. The van der Waals surface area contributed by atoms with Crippen molar-refractivity contribution in [2.45, 2.75) is 31.9 Å². The van der Waals surface area contributed by atoms with Crippen LogP contribution in [0.25, 0.3) is 0 Å². The smallest absolute Gasteiger partial charge is 0.0863 e. The molecular weight excluding hydrogens is 561 g/mol. The zero-order valence-electron chi connectivity index (χ0n) is 18.3. The van der Waals surface area contributed by atoms with Crippen LogP contribution in [0.5, 0.6) is 0 Å². The summed E-state index contributed by atoms with van der Waals surface area (Å²) in [6.07, 6.45) is -0.724. The van der Waals surface area contributed by atoms with Gasteiger partial charge in [0.15, 0.2) is 0 Å². The van der Waals surface area contributed by atoms with Gasteiger partial charge in [-0.1, -0.05) is 0 Å². The minimum atomic E-state index is -0.362. The maximum atomic E-state index is 10.1. The lowest BCUT2D eigenvalue weighted by Gasteiger charge is -2.28. The third-order valence-electron chi connectivity index (χ3n) is 4.77. The van der Waals surface area contributed by atoms with Crippen LogP contribution in [0, 0.1) is 0 Å². The third kappa shape index (κ3) is 12.7. The van der Waals surface area contributed by atoms with Crippen LogP contribution in [-0.4, -0.2) is 126 Å². The zero-order chi connectivity index (χ0) is 22.4. The van der Waals surface area contributed by atoms with Gasteiger partial charge in [0, 0.05) is 68.0 Å². The Kier molecular flexibility index (Phi) is 16.4. The molecule has 2 N–H and O–H groups in total. The second-order valence-electron chi connectivity index (χ2n) is 7.71. The molecule has 0 bridgehead atoms. The van der Waals surface area contributed by atoms with Gasteiger partial charge in [-0.05, 0) is 0 Å². The van der Waals surface area contributed by atoms with Gasteiger partial charge in [0.1, 0.15) is 0 Å². The Morgan fingerprint density at radius 3 is 1.44 bits per heavy atom. The standard InChI is InChI=1S/C20H36O4S8/c21-15(9-25-13-19-27-1-2-28-19)5-23-7-17-11-32-18(12-31-17)8-24-6-16(22)10-26-14-20-29-3-4-30-20/h15-22H,1-14H2. The van der Waals surface area contributed by atoms with E-state index in [1.807, 2.05) is 94.1 Å². The van der Waals surface area contributed by atoms with Crippen molar-refractivity contribution in [1.82, 2.24) is 0 Å². The van der Waals surface area contributed by atoms with Gasteiger partial charge >= 0.3 is 0 Å². The fourth-order valence-corrected chi connectivity index (χ4v) is 14.5. The normalized spacial score (nSPS) is 27.2. The van der Waals surface area contributed by atoms with Crippen molar-refractivity contribution in [2.24, 2.45) is 0 Å². The molecule has 0 amide bonds. The van der Waals surface area contributed by atoms with E-state index in [-0.39, 0.29) is 12.2 Å². The van der Waals surface area contributed by atoms with Gasteiger partial charge in [-0.3, -0.25) is 0 Å². The van der Waals surface area contributed by atoms with Crippen LogP contribution in [0.3, 0.4) is 0 Å². The summed E-state index contributed by atoms with van der Waals surface area (Å²) in [7, 11) is 0. The molecule has 3 heterocycles. The van der Waals surface area contributed by atoms with Crippen LogP contribution < -0.4 is 0 Å². The average Bonchev–Trinajstić information content (AvgIpc) is 3.49. The van der Waals surface area contributed by atoms with Gasteiger partial charge in [0.2, 0.25) is 0 Å². The first kappa shape index (κ1) is 29.2. The molecule has 3 rings (SSSR count). The molecular formula is C20H36O4S8. The van der Waals surface area contributed by atoms with Crippen molar-refractivity contribution in [3.8, 4) is 0 Å². The topological polar surface area (TPSA) is 58.9 Å². The Balaban J connectivity index is 1.11. The highest BCUT2D eigenvalue weighted by atomic mass is 32.2. The fourth-order valence-electron chi connectivity index (χ4n) is 3.15. The van der Waals surface area contributed by atoms with Gasteiger partial charge in [0.25, 0.3) is 0 Å². The molecule has 4 nitrogen and oxygen atoms in total. The van der Waals surface area contributed by atoms with E-state index in [0.717, 1.165) is 47.7 Å². The first-order valence-corrected chi connectivity index (χ1v) is 19.7. The van der Waals surface area contributed by atoms with Crippen LogP contribution in [0.1, 0.15) is 0 Å². The van der Waals surface area contributed by atoms with Crippen LogP contribution in [0.15, 0.2) is 0 Å². The first-order valence-electron chi connectivity index (χ1n) is 11.1. The highest BCUT2D eigenvalue weighted by Gasteiger charge is 2.23. The predicted molar refractivity (Wildman–Crippen MR) is 158 cm³/mol. The van der Waals surface area contributed by atoms with Crippen molar-refractivity contribution in [1.29, 1.82) is 0 Å². The van der Waals surface area contributed by atoms with E-state index in [1.165, 1.54) is 23.0 Å². The highest BCUT2D eigenvalue weighted by Crippen LogP contribution is 2.35. The molecule has 32 heavy (non-hydrogen) atoms. The number of aliphatic hydroxyl groups excluding tert-OH is 2. The summed E-state index contributed by atoms with van der Waals surface area (Å²) >= 11 is 15.8. The molecule has 3 aliphatic rings. The Morgan fingerprint density at radius 2 is 1.06 bits per heavy atom. The maximum absolute atomic E-state index is 10.1. The minimum absolute atomic E-state index is 0.362. The van der Waals surface area contributed by atoms with Crippen molar-refractivity contribution in [3.63, 3.8) is 0 Å². The number of aliphatic hydroxyl groups is 2. The molecule has 0 aromatic rings. The summed E-state index contributed by atoms with van der Waals surface area (Å²) < 4.78 is 13.0. The van der Waals surface area contributed by atoms with E-state index in [0.29, 0.717) is 32.9 Å². The first-order chi connectivity index (χ1) is 15.7. The minimum Gasteiger partial charge on any atom is -0.390 e. The van der Waals surface area contributed by atoms with Crippen molar-refractivity contribution < 1.29 is 19.7 Å². The van der Waals surface area contributed by atoms with E-state index < -0.39 is 0 Å². The number of ether oxygens (including phenoxy) is 2. The Bertz CT molecular complexity index is 433. The Morgan fingerprint density at radius 1 is 0.656 bits per heavy atom. The average molecular weight is 597 g/mol. The fraction of sp³-hybridized carbons (Fsp3) is 1.00. The number of hydrogen-bond donors (Lipinski definition) is 2. The summed E-state index contributed by atoms with van der Waals surface area (Å²) in [5.41, 5.74) is 0. The summed E-state index contributed by atoms with van der Waals surface area (Å²) in [5, 5.41) is 21.3. The van der Waals surface area contributed by atoms with E-state index in [1.54, 1.807) is 0 Å². The predicted octanol–water partition coefficient (Wildman–Crippen LogP) is 4.04. The second kappa shape index (κ2) is 18.0. The van der Waals surface area contributed by atoms with Crippen molar-refractivity contribution in [3.05, 3.63) is 0 Å². The quantitative estimate of drug-likeness (QED) is 0.270. The molecule has 3 saturated heterocycles. The van der Waals surface area contributed by atoms with Crippen molar-refractivity contribution >= 4 is 94.1 Å². The molecule has 0 saturated carbocycles. The van der Waals surface area contributed by atoms with Gasteiger partial charge < -0.3 is 19.7 Å². The van der Waals surface area contributed by atoms with Crippen molar-refractivity contribution in [2.75, 3.05) is 84.0 Å².